The van der Waals surface area contributed by atoms with Crippen molar-refractivity contribution in [2.75, 3.05) is 18.0 Å². The Kier molecular flexibility index (Phi) is 5.21. The molecular formula is C25H32N4O. The monoisotopic (exact) mass is 404 g/mol. The van der Waals surface area contributed by atoms with Gasteiger partial charge in [-0.2, -0.15) is 5.10 Å². The molecule has 1 aromatic carbocycles. The van der Waals surface area contributed by atoms with Crippen molar-refractivity contribution < 1.29 is 4.79 Å². The van der Waals surface area contributed by atoms with Crippen molar-refractivity contribution >= 4 is 11.7 Å². The summed E-state index contributed by atoms with van der Waals surface area (Å²) in [4.78, 5) is 17.7. The Morgan fingerprint density at radius 2 is 1.83 bits per heavy atom. The molecule has 3 aliphatic rings. The van der Waals surface area contributed by atoms with Crippen LogP contribution in [0, 0.1) is 11.8 Å². The molecule has 158 valence electrons. The lowest BCUT2D eigenvalue weighted by Crippen LogP contribution is -2.65. The van der Waals surface area contributed by atoms with Crippen LogP contribution in [-0.2, 0) is 11.2 Å². The van der Waals surface area contributed by atoms with E-state index in [1.807, 2.05) is 0 Å². The number of nitrogens with zero attached hydrogens (tertiary/aromatic N) is 4. The molecule has 4 heterocycles. The maximum atomic E-state index is 13.0. The Balaban J connectivity index is 1.43. The molecule has 1 aromatic heterocycles. The van der Waals surface area contributed by atoms with Crippen LogP contribution in [0.5, 0.6) is 0 Å². The quantitative estimate of drug-likeness (QED) is 0.771. The van der Waals surface area contributed by atoms with E-state index in [0.717, 1.165) is 43.9 Å². The van der Waals surface area contributed by atoms with Gasteiger partial charge < -0.3 is 9.80 Å². The van der Waals surface area contributed by atoms with Gasteiger partial charge >= 0.3 is 0 Å². The Morgan fingerprint density at radius 3 is 2.57 bits per heavy atom. The molecule has 3 fully saturated rings. The average Bonchev–Trinajstić information content (AvgIpc) is 2.77. The highest BCUT2D eigenvalue weighted by atomic mass is 16.2. The lowest BCUT2D eigenvalue weighted by atomic mass is 9.71. The molecule has 2 bridgehead atoms. The Bertz CT molecular complexity index is 882. The minimum atomic E-state index is 0.284. The van der Waals surface area contributed by atoms with E-state index in [2.05, 4.69) is 76.3 Å². The fourth-order valence-electron chi connectivity index (χ4n) is 5.89. The number of benzene rings is 1. The number of amides is 1. The van der Waals surface area contributed by atoms with E-state index < -0.39 is 0 Å². The number of rotatable bonds is 4. The van der Waals surface area contributed by atoms with Gasteiger partial charge in [-0.25, -0.2) is 0 Å². The summed E-state index contributed by atoms with van der Waals surface area (Å²) in [5.74, 6) is 2.77. The fourth-order valence-corrected chi connectivity index (χ4v) is 5.89. The summed E-state index contributed by atoms with van der Waals surface area (Å²) in [6.07, 6.45) is 5.06. The van der Waals surface area contributed by atoms with Crippen molar-refractivity contribution in [1.82, 2.24) is 15.1 Å². The summed E-state index contributed by atoms with van der Waals surface area (Å²) in [6, 6.07) is 15.6. The lowest BCUT2D eigenvalue weighted by molar-refractivity contribution is -0.148. The zero-order valence-corrected chi connectivity index (χ0v) is 18.1. The van der Waals surface area contributed by atoms with Crippen LogP contribution in [0.1, 0.15) is 56.7 Å². The molecule has 30 heavy (non-hydrogen) atoms. The van der Waals surface area contributed by atoms with Crippen LogP contribution < -0.4 is 4.90 Å². The minimum Gasteiger partial charge on any atom is -0.354 e. The second-order valence-corrected chi connectivity index (χ2v) is 9.65. The molecule has 3 saturated heterocycles. The predicted molar refractivity (Wildman–Crippen MR) is 118 cm³/mol. The maximum Gasteiger partial charge on any atom is 0.223 e. The summed E-state index contributed by atoms with van der Waals surface area (Å²) in [5, 5.41) is 9.05. The van der Waals surface area contributed by atoms with Gasteiger partial charge in [0.2, 0.25) is 5.91 Å². The second-order valence-electron chi connectivity index (χ2n) is 9.65. The topological polar surface area (TPSA) is 49.3 Å². The first-order valence-electron chi connectivity index (χ1n) is 11.5. The van der Waals surface area contributed by atoms with E-state index >= 15 is 0 Å². The van der Waals surface area contributed by atoms with Crippen molar-refractivity contribution in [1.29, 1.82) is 0 Å². The molecule has 3 aliphatic heterocycles. The molecular weight excluding hydrogens is 372 g/mol. The van der Waals surface area contributed by atoms with Gasteiger partial charge in [-0.1, -0.05) is 44.2 Å². The maximum absolute atomic E-state index is 13.0. The predicted octanol–water partition coefficient (Wildman–Crippen LogP) is 4.05. The Labute approximate surface area is 179 Å². The van der Waals surface area contributed by atoms with Gasteiger partial charge in [0, 0.05) is 31.6 Å². The summed E-state index contributed by atoms with van der Waals surface area (Å²) < 4.78 is 0. The van der Waals surface area contributed by atoms with Crippen LogP contribution in [-0.4, -0.2) is 46.2 Å². The summed E-state index contributed by atoms with van der Waals surface area (Å²) in [5.41, 5.74) is 2.37. The molecule has 0 spiro atoms. The van der Waals surface area contributed by atoms with Crippen molar-refractivity contribution in [3.8, 4) is 0 Å². The van der Waals surface area contributed by atoms with Crippen molar-refractivity contribution in [3.63, 3.8) is 0 Å². The van der Waals surface area contributed by atoms with Crippen LogP contribution in [0.15, 0.2) is 42.5 Å². The highest BCUT2D eigenvalue weighted by Gasteiger charge is 2.49. The number of piperidine rings is 3. The number of hydrogen-bond acceptors (Lipinski definition) is 4. The summed E-state index contributed by atoms with van der Waals surface area (Å²) in [7, 11) is 0. The van der Waals surface area contributed by atoms with Gasteiger partial charge in [0.15, 0.2) is 5.82 Å². The molecule has 0 aliphatic carbocycles. The van der Waals surface area contributed by atoms with Gasteiger partial charge in [0.25, 0.3) is 0 Å². The van der Waals surface area contributed by atoms with Crippen LogP contribution >= 0.6 is 0 Å². The Hall–Kier alpha value is -2.43. The average molecular weight is 405 g/mol. The first-order valence-corrected chi connectivity index (χ1v) is 11.5. The number of carbonyl (C=O) groups excluding carboxylic acids is 1. The van der Waals surface area contributed by atoms with E-state index in [1.54, 1.807) is 0 Å². The molecule has 1 amide bonds. The largest absolute Gasteiger partial charge is 0.354 e. The highest BCUT2D eigenvalue weighted by molar-refractivity contribution is 5.78. The zero-order chi connectivity index (χ0) is 20.7. The molecule has 5 nitrogen and oxygen atoms in total. The normalized spacial score (nSPS) is 28.6. The van der Waals surface area contributed by atoms with Gasteiger partial charge in [-0.15, -0.1) is 5.10 Å². The van der Waals surface area contributed by atoms with E-state index in [1.165, 1.54) is 12.0 Å². The lowest BCUT2D eigenvalue weighted by Gasteiger charge is -2.57. The molecule has 5 rings (SSSR count). The van der Waals surface area contributed by atoms with Gasteiger partial charge in [-0.3, -0.25) is 4.79 Å². The van der Waals surface area contributed by atoms with Crippen molar-refractivity contribution in [2.24, 2.45) is 11.8 Å². The molecule has 5 heteroatoms. The van der Waals surface area contributed by atoms with Crippen molar-refractivity contribution in [2.45, 2.75) is 64.0 Å². The number of hydrogen-bond donors (Lipinski definition) is 0. The number of anilines is 1. The highest BCUT2D eigenvalue weighted by Crippen LogP contribution is 2.43. The van der Waals surface area contributed by atoms with E-state index in [9.17, 15) is 4.79 Å². The number of carbonyl (C=O) groups is 1. The number of aromatic nitrogens is 2. The smallest absolute Gasteiger partial charge is 0.223 e. The molecule has 0 unspecified atom stereocenters. The fraction of sp³-hybridized carbons (Fsp3) is 0.560. The van der Waals surface area contributed by atoms with Crippen LogP contribution in [0.25, 0.3) is 0 Å². The zero-order valence-electron chi connectivity index (χ0n) is 18.1. The van der Waals surface area contributed by atoms with Crippen LogP contribution in [0.2, 0.25) is 0 Å². The molecule has 2 aromatic rings. The van der Waals surface area contributed by atoms with E-state index in [0.29, 0.717) is 36.1 Å². The van der Waals surface area contributed by atoms with Crippen molar-refractivity contribution in [3.05, 3.63) is 53.7 Å². The number of fused-ring (bicyclic) bond motifs is 4. The van der Waals surface area contributed by atoms with Gasteiger partial charge in [-0.05, 0) is 61.1 Å². The second kappa shape index (κ2) is 8.01. The van der Waals surface area contributed by atoms with E-state index in [4.69, 9.17) is 0 Å². The first-order chi connectivity index (χ1) is 14.6. The Morgan fingerprint density at radius 1 is 1.03 bits per heavy atom. The molecule has 0 radical (unpaired) electrons. The minimum absolute atomic E-state index is 0.284. The third-order valence-corrected chi connectivity index (χ3v) is 7.37. The van der Waals surface area contributed by atoms with Crippen LogP contribution in [0.4, 0.5) is 5.82 Å². The van der Waals surface area contributed by atoms with Gasteiger partial charge in [0.05, 0.1) is 5.69 Å². The third kappa shape index (κ3) is 3.59. The molecule has 0 N–H and O–H groups in total. The van der Waals surface area contributed by atoms with Crippen LogP contribution in [0.3, 0.4) is 0 Å². The SMILES string of the molecule is CC(C)c1ccc(N2C[C@H]3C[C@@H](C2)[C@H](Cc2ccccc2)N2C(=O)CCC[C@@H]32)nn1. The summed E-state index contributed by atoms with van der Waals surface area (Å²) in [6.45, 7) is 6.24. The standard InChI is InChI=1S/C25H32N4O/c1-17(2)21-11-12-24(27-26-21)28-15-19-14-20(16-28)23(13-18-7-4-3-5-8-18)29-22(19)9-6-10-25(29)30/h3-5,7-8,11-12,17,19-20,22-23H,6,9-10,13-16H2,1-2H3/t19-,20+,22+,23+/m1/s1. The molecule has 0 saturated carbocycles. The summed E-state index contributed by atoms with van der Waals surface area (Å²) >= 11 is 0. The van der Waals surface area contributed by atoms with Gasteiger partial charge in [0.1, 0.15) is 0 Å². The molecule has 4 atom stereocenters. The van der Waals surface area contributed by atoms with E-state index in [-0.39, 0.29) is 6.04 Å². The first kappa shape index (κ1) is 19.5. The third-order valence-electron chi connectivity index (χ3n) is 7.37.